The van der Waals surface area contributed by atoms with Crippen molar-refractivity contribution in [3.63, 3.8) is 0 Å². The lowest BCUT2D eigenvalue weighted by atomic mass is 10.1. The third-order valence-corrected chi connectivity index (χ3v) is 5.40. The Balaban J connectivity index is 1.36. The molecule has 0 radical (unpaired) electrons. The summed E-state index contributed by atoms with van der Waals surface area (Å²) < 4.78 is 11.0. The zero-order valence-corrected chi connectivity index (χ0v) is 16.4. The number of anilines is 1. The average Bonchev–Trinajstić information content (AvgIpc) is 3.02. The maximum atomic E-state index is 12.5. The van der Waals surface area contributed by atoms with E-state index in [0.717, 1.165) is 12.8 Å². The molecule has 0 aromatic heterocycles. The summed E-state index contributed by atoms with van der Waals surface area (Å²) in [6.07, 6.45) is 6.93. The lowest BCUT2D eigenvalue weighted by molar-refractivity contribution is 0.0932. The van der Waals surface area contributed by atoms with Crippen LogP contribution < -0.4 is 20.1 Å². The van der Waals surface area contributed by atoms with E-state index in [-0.39, 0.29) is 17.9 Å². The topological polar surface area (TPSA) is 76.7 Å². The number of rotatable bonds is 4. The van der Waals surface area contributed by atoms with Crippen LogP contribution >= 0.6 is 0 Å². The van der Waals surface area contributed by atoms with Crippen LogP contribution in [-0.4, -0.2) is 31.1 Å². The molecule has 152 valence electrons. The Morgan fingerprint density at radius 3 is 2.07 bits per heavy atom. The summed E-state index contributed by atoms with van der Waals surface area (Å²) in [6.45, 7) is 1.02. The number of ether oxygens (including phenoxy) is 2. The van der Waals surface area contributed by atoms with Crippen LogP contribution in [0.4, 0.5) is 5.69 Å². The predicted molar refractivity (Wildman–Crippen MR) is 111 cm³/mol. The van der Waals surface area contributed by atoms with Crippen LogP contribution in [0, 0.1) is 0 Å². The predicted octanol–water partition coefficient (Wildman–Crippen LogP) is 4.16. The minimum absolute atomic E-state index is 0.0734. The van der Waals surface area contributed by atoms with E-state index in [2.05, 4.69) is 10.6 Å². The summed E-state index contributed by atoms with van der Waals surface area (Å²) in [5, 5.41) is 5.98. The quantitative estimate of drug-likeness (QED) is 0.764. The summed E-state index contributed by atoms with van der Waals surface area (Å²) in [5.41, 5.74) is 1.70. The molecule has 1 aliphatic heterocycles. The Morgan fingerprint density at radius 1 is 0.759 bits per heavy atom. The minimum Gasteiger partial charge on any atom is -0.486 e. The Morgan fingerprint density at radius 2 is 1.38 bits per heavy atom. The summed E-state index contributed by atoms with van der Waals surface area (Å²) in [4.78, 5) is 25.0. The van der Waals surface area contributed by atoms with Crippen LogP contribution in [0.3, 0.4) is 0 Å². The van der Waals surface area contributed by atoms with Gasteiger partial charge >= 0.3 is 0 Å². The van der Waals surface area contributed by atoms with E-state index >= 15 is 0 Å². The van der Waals surface area contributed by atoms with E-state index in [9.17, 15) is 9.59 Å². The standard InChI is InChI=1S/C23H26N2O4/c26-22(24-18-5-3-1-2-4-6-18)16-7-9-17(10-8-16)23(27)25-19-11-12-20-21(15-19)29-14-13-28-20/h7-12,15,18H,1-6,13-14H2,(H,24,26)(H,25,27). The van der Waals surface area contributed by atoms with Gasteiger partial charge in [-0.25, -0.2) is 0 Å². The molecule has 2 aliphatic rings. The fraction of sp³-hybridized carbons (Fsp3) is 0.391. The van der Waals surface area contributed by atoms with E-state index in [1.165, 1.54) is 25.7 Å². The summed E-state index contributed by atoms with van der Waals surface area (Å²) in [6, 6.07) is 12.3. The molecule has 2 amide bonds. The first-order valence-corrected chi connectivity index (χ1v) is 10.3. The van der Waals surface area contributed by atoms with E-state index in [4.69, 9.17) is 9.47 Å². The maximum absolute atomic E-state index is 12.5. The second-order valence-corrected chi connectivity index (χ2v) is 7.55. The van der Waals surface area contributed by atoms with Gasteiger partial charge in [-0.1, -0.05) is 25.7 Å². The molecule has 1 heterocycles. The fourth-order valence-electron chi connectivity index (χ4n) is 3.79. The minimum atomic E-state index is -0.239. The average molecular weight is 394 g/mol. The molecule has 0 saturated heterocycles. The molecule has 6 nitrogen and oxygen atoms in total. The van der Waals surface area contributed by atoms with Crippen LogP contribution in [0.15, 0.2) is 42.5 Å². The van der Waals surface area contributed by atoms with Crippen LogP contribution in [0.1, 0.15) is 59.2 Å². The summed E-state index contributed by atoms with van der Waals surface area (Å²) >= 11 is 0. The van der Waals surface area contributed by atoms with Crippen molar-refractivity contribution < 1.29 is 19.1 Å². The maximum Gasteiger partial charge on any atom is 0.255 e. The highest BCUT2D eigenvalue weighted by molar-refractivity contribution is 6.05. The lowest BCUT2D eigenvalue weighted by Gasteiger charge is -2.19. The molecule has 1 saturated carbocycles. The zero-order valence-electron chi connectivity index (χ0n) is 16.4. The van der Waals surface area contributed by atoms with E-state index in [1.54, 1.807) is 42.5 Å². The highest BCUT2D eigenvalue weighted by Crippen LogP contribution is 2.32. The second kappa shape index (κ2) is 8.99. The molecule has 1 fully saturated rings. The van der Waals surface area contributed by atoms with Crippen molar-refractivity contribution >= 4 is 17.5 Å². The molecule has 2 aromatic carbocycles. The molecule has 0 atom stereocenters. The van der Waals surface area contributed by atoms with Gasteiger partial charge in [-0.2, -0.15) is 0 Å². The van der Waals surface area contributed by atoms with Crippen LogP contribution in [0.5, 0.6) is 11.5 Å². The molecule has 6 heteroatoms. The van der Waals surface area contributed by atoms with Gasteiger partial charge in [-0.15, -0.1) is 0 Å². The van der Waals surface area contributed by atoms with Crippen molar-refractivity contribution in [3.8, 4) is 11.5 Å². The van der Waals surface area contributed by atoms with Gasteiger partial charge in [-0.05, 0) is 49.2 Å². The van der Waals surface area contributed by atoms with Crippen LogP contribution in [-0.2, 0) is 0 Å². The number of amides is 2. The van der Waals surface area contributed by atoms with Gasteiger partial charge in [0.15, 0.2) is 11.5 Å². The Hall–Kier alpha value is -3.02. The first-order valence-electron chi connectivity index (χ1n) is 10.3. The Kier molecular flexibility index (Phi) is 5.98. The van der Waals surface area contributed by atoms with Gasteiger partial charge in [0.05, 0.1) is 0 Å². The van der Waals surface area contributed by atoms with Gasteiger partial charge in [0.25, 0.3) is 11.8 Å². The number of carbonyl (C=O) groups excluding carboxylic acids is 2. The van der Waals surface area contributed by atoms with Gasteiger partial charge in [0, 0.05) is 28.9 Å². The molecule has 29 heavy (non-hydrogen) atoms. The molecule has 2 aromatic rings. The number of carbonyl (C=O) groups is 2. The van der Waals surface area contributed by atoms with Crippen molar-refractivity contribution in [2.45, 2.75) is 44.6 Å². The van der Waals surface area contributed by atoms with Gasteiger partial charge in [0.1, 0.15) is 13.2 Å². The van der Waals surface area contributed by atoms with Gasteiger partial charge in [-0.3, -0.25) is 9.59 Å². The van der Waals surface area contributed by atoms with Gasteiger partial charge < -0.3 is 20.1 Å². The van der Waals surface area contributed by atoms with E-state index in [1.807, 2.05) is 0 Å². The number of benzene rings is 2. The first kappa shape index (κ1) is 19.3. The third kappa shape index (κ3) is 4.88. The van der Waals surface area contributed by atoms with E-state index in [0.29, 0.717) is 41.5 Å². The highest BCUT2D eigenvalue weighted by atomic mass is 16.6. The van der Waals surface area contributed by atoms with Crippen molar-refractivity contribution in [3.05, 3.63) is 53.6 Å². The molecule has 0 bridgehead atoms. The largest absolute Gasteiger partial charge is 0.486 e. The monoisotopic (exact) mass is 394 g/mol. The van der Waals surface area contributed by atoms with Gasteiger partial charge in [0.2, 0.25) is 0 Å². The fourth-order valence-corrected chi connectivity index (χ4v) is 3.79. The zero-order chi connectivity index (χ0) is 20.1. The lowest BCUT2D eigenvalue weighted by Crippen LogP contribution is -2.34. The van der Waals surface area contributed by atoms with E-state index < -0.39 is 0 Å². The molecule has 4 rings (SSSR count). The number of hydrogen-bond donors (Lipinski definition) is 2. The van der Waals surface area contributed by atoms with Crippen molar-refractivity contribution in [1.82, 2.24) is 5.32 Å². The summed E-state index contributed by atoms with van der Waals surface area (Å²) in [5.74, 6) is 0.992. The molecule has 1 aliphatic carbocycles. The normalized spacial score (nSPS) is 16.6. The molecular weight excluding hydrogens is 368 g/mol. The summed E-state index contributed by atoms with van der Waals surface area (Å²) in [7, 11) is 0. The highest BCUT2D eigenvalue weighted by Gasteiger charge is 2.17. The van der Waals surface area contributed by atoms with Crippen molar-refractivity contribution in [2.75, 3.05) is 18.5 Å². The smallest absolute Gasteiger partial charge is 0.255 e. The molecule has 0 spiro atoms. The van der Waals surface area contributed by atoms with Crippen LogP contribution in [0.25, 0.3) is 0 Å². The Bertz CT molecular complexity index is 871. The third-order valence-electron chi connectivity index (χ3n) is 5.40. The SMILES string of the molecule is O=C(Nc1ccc2c(c1)OCCO2)c1ccc(C(=O)NC2CCCCCC2)cc1. The van der Waals surface area contributed by atoms with Crippen molar-refractivity contribution in [2.24, 2.45) is 0 Å². The van der Waals surface area contributed by atoms with Crippen molar-refractivity contribution in [1.29, 1.82) is 0 Å². The van der Waals surface area contributed by atoms with Crippen LogP contribution in [0.2, 0.25) is 0 Å². The first-order chi connectivity index (χ1) is 14.2. The molecule has 2 N–H and O–H groups in total. The number of fused-ring (bicyclic) bond motifs is 1. The number of nitrogens with one attached hydrogen (secondary N) is 2. The molecular formula is C23H26N2O4. The number of hydrogen-bond acceptors (Lipinski definition) is 4. The Labute approximate surface area is 170 Å². The second-order valence-electron chi connectivity index (χ2n) is 7.55. The molecule has 0 unspecified atom stereocenters.